The Morgan fingerprint density at radius 2 is 1.57 bits per heavy atom. The lowest BCUT2D eigenvalue weighted by Crippen LogP contribution is -2.31. The van der Waals surface area contributed by atoms with Gasteiger partial charge in [0.2, 0.25) is 0 Å². The van der Waals surface area contributed by atoms with Crippen LogP contribution in [0.4, 0.5) is 26.3 Å². The first-order valence-electron chi connectivity index (χ1n) is 5.87. The number of benzene rings is 1. The van der Waals surface area contributed by atoms with Crippen LogP contribution in [-0.2, 0) is 11.2 Å². The highest BCUT2D eigenvalue weighted by Gasteiger charge is 2.45. The summed E-state index contributed by atoms with van der Waals surface area (Å²) in [6.45, 7) is 0.725. The second-order valence-corrected chi connectivity index (χ2v) is 4.68. The van der Waals surface area contributed by atoms with Gasteiger partial charge >= 0.3 is 18.3 Å². The minimum Gasteiger partial charge on any atom is -0.481 e. The lowest BCUT2D eigenvalue weighted by atomic mass is 9.86. The number of aliphatic carboxylic acids is 1. The summed E-state index contributed by atoms with van der Waals surface area (Å²) < 4.78 is 74.4. The van der Waals surface area contributed by atoms with Gasteiger partial charge in [-0.25, -0.2) is 0 Å². The van der Waals surface area contributed by atoms with Gasteiger partial charge < -0.3 is 5.11 Å². The molecule has 1 rings (SSSR count). The predicted octanol–water partition coefficient (Wildman–Crippen LogP) is 4.16. The Kier molecular flexibility index (Phi) is 4.91. The van der Waals surface area contributed by atoms with E-state index in [0.29, 0.717) is 0 Å². The third-order valence-electron chi connectivity index (χ3n) is 3.03. The lowest BCUT2D eigenvalue weighted by Gasteiger charge is -2.23. The van der Waals surface area contributed by atoms with Crippen molar-refractivity contribution in [1.29, 1.82) is 0 Å². The molecule has 2 nitrogen and oxygen atoms in total. The summed E-state index contributed by atoms with van der Waals surface area (Å²) in [5.74, 6) is -5.68. The molecule has 0 aliphatic rings. The molecule has 118 valence electrons. The average Bonchev–Trinajstić information content (AvgIpc) is 2.27. The van der Waals surface area contributed by atoms with Crippen molar-refractivity contribution in [1.82, 2.24) is 0 Å². The zero-order valence-corrected chi connectivity index (χ0v) is 10.8. The number of carboxylic acid groups (broad SMARTS) is 1. The van der Waals surface area contributed by atoms with Gasteiger partial charge in [-0.15, -0.1) is 0 Å². The summed E-state index contributed by atoms with van der Waals surface area (Å²) in [5.41, 5.74) is -0.326. The fourth-order valence-electron chi connectivity index (χ4n) is 1.91. The van der Waals surface area contributed by atoms with Gasteiger partial charge in [0.1, 0.15) is 0 Å². The number of carbonyl (C=O) groups is 1. The molecule has 0 spiro atoms. The molecule has 0 fully saturated rings. The molecule has 0 saturated heterocycles. The first-order valence-corrected chi connectivity index (χ1v) is 5.87. The molecule has 0 aromatic heterocycles. The lowest BCUT2D eigenvalue weighted by molar-refractivity contribution is -0.183. The van der Waals surface area contributed by atoms with E-state index in [-0.39, 0.29) is 11.1 Å². The van der Waals surface area contributed by atoms with Crippen LogP contribution in [0.3, 0.4) is 0 Å². The number of hydrogen-bond donors (Lipinski definition) is 1. The van der Waals surface area contributed by atoms with E-state index in [1.165, 1.54) is 0 Å². The topological polar surface area (TPSA) is 37.3 Å². The number of alkyl halides is 6. The van der Waals surface area contributed by atoms with Crippen molar-refractivity contribution in [3.63, 3.8) is 0 Å². The Hall–Kier alpha value is -1.73. The van der Waals surface area contributed by atoms with Gasteiger partial charge in [-0.3, -0.25) is 4.79 Å². The fraction of sp³-hybridized carbons (Fsp3) is 0.462. The Morgan fingerprint density at radius 3 is 1.90 bits per heavy atom. The molecule has 0 bridgehead atoms. The molecular formula is C13H12F6O2. The summed E-state index contributed by atoms with van der Waals surface area (Å²) in [6, 6.07) is 3.95. The van der Waals surface area contributed by atoms with Crippen LogP contribution in [0.5, 0.6) is 0 Å². The van der Waals surface area contributed by atoms with Gasteiger partial charge in [-0.2, -0.15) is 26.3 Å². The summed E-state index contributed by atoms with van der Waals surface area (Å²) in [7, 11) is 0. The number of halogens is 6. The third-order valence-corrected chi connectivity index (χ3v) is 3.03. The average molecular weight is 314 g/mol. The SMILES string of the molecule is CC(C(C(=O)O)c1ccc(CC(F)(F)F)cc1)C(F)(F)F. The van der Waals surface area contributed by atoms with Crippen LogP contribution in [0.2, 0.25) is 0 Å². The van der Waals surface area contributed by atoms with Crippen molar-refractivity contribution in [2.45, 2.75) is 31.6 Å². The highest BCUT2D eigenvalue weighted by molar-refractivity contribution is 5.76. The van der Waals surface area contributed by atoms with Gasteiger partial charge in [0.15, 0.2) is 0 Å². The maximum Gasteiger partial charge on any atom is 0.393 e. The molecule has 0 saturated carbocycles. The minimum atomic E-state index is -4.71. The van der Waals surface area contributed by atoms with Crippen LogP contribution in [0.15, 0.2) is 24.3 Å². The monoisotopic (exact) mass is 314 g/mol. The Bertz CT molecular complexity index is 489. The summed E-state index contributed by atoms with van der Waals surface area (Å²) >= 11 is 0. The van der Waals surface area contributed by atoms with Gasteiger partial charge in [0.25, 0.3) is 0 Å². The van der Waals surface area contributed by atoms with Crippen LogP contribution >= 0.6 is 0 Å². The number of rotatable bonds is 4. The largest absolute Gasteiger partial charge is 0.481 e. The zero-order chi connectivity index (χ0) is 16.4. The van der Waals surface area contributed by atoms with Gasteiger partial charge in [0.05, 0.1) is 18.3 Å². The molecule has 1 aromatic carbocycles. The standard InChI is InChI=1S/C13H12F6O2/c1-7(13(17,18)19)10(11(20)21)9-4-2-8(3-5-9)6-12(14,15)16/h2-5,7,10H,6H2,1H3,(H,20,21). The highest BCUT2D eigenvalue weighted by Crippen LogP contribution is 2.37. The Morgan fingerprint density at radius 1 is 1.10 bits per heavy atom. The zero-order valence-electron chi connectivity index (χ0n) is 10.8. The minimum absolute atomic E-state index is 0.143. The van der Waals surface area contributed by atoms with E-state index in [4.69, 9.17) is 5.11 Å². The van der Waals surface area contributed by atoms with E-state index in [1.807, 2.05) is 0 Å². The predicted molar refractivity (Wildman–Crippen MR) is 61.8 cm³/mol. The molecule has 0 radical (unpaired) electrons. The summed E-state index contributed by atoms with van der Waals surface area (Å²) in [5, 5.41) is 8.94. The maximum atomic E-state index is 12.6. The van der Waals surface area contributed by atoms with Gasteiger partial charge in [0, 0.05) is 0 Å². The van der Waals surface area contributed by atoms with Crippen LogP contribution in [0, 0.1) is 5.92 Å². The van der Waals surface area contributed by atoms with E-state index in [2.05, 4.69) is 0 Å². The molecule has 2 atom stereocenters. The van der Waals surface area contributed by atoms with Crippen molar-refractivity contribution in [3.8, 4) is 0 Å². The van der Waals surface area contributed by atoms with Crippen molar-refractivity contribution in [2.75, 3.05) is 0 Å². The van der Waals surface area contributed by atoms with Crippen LogP contribution < -0.4 is 0 Å². The fourth-order valence-corrected chi connectivity index (χ4v) is 1.91. The molecule has 2 unspecified atom stereocenters. The second-order valence-electron chi connectivity index (χ2n) is 4.68. The number of carboxylic acids is 1. The third kappa shape index (κ3) is 4.95. The molecular weight excluding hydrogens is 302 g/mol. The molecule has 1 aromatic rings. The van der Waals surface area contributed by atoms with E-state index in [0.717, 1.165) is 31.2 Å². The van der Waals surface area contributed by atoms with Crippen molar-refractivity contribution >= 4 is 5.97 Å². The molecule has 0 aliphatic heterocycles. The smallest absolute Gasteiger partial charge is 0.393 e. The van der Waals surface area contributed by atoms with Gasteiger partial charge in [-0.05, 0) is 11.1 Å². The first kappa shape index (κ1) is 17.3. The molecule has 0 amide bonds. The van der Waals surface area contributed by atoms with Crippen molar-refractivity contribution in [2.24, 2.45) is 5.92 Å². The van der Waals surface area contributed by atoms with E-state index < -0.39 is 36.6 Å². The van der Waals surface area contributed by atoms with E-state index >= 15 is 0 Å². The van der Waals surface area contributed by atoms with E-state index in [9.17, 15) is 31.1 Å². The highest BCUT2D eigenvalue weighted by atomic mass is 19.4. The molecule has 8 heteroatoms. The summed E-state index contributed by atoms with van der Waals surface area (Å²) in [6.07, 6.45) is -10.4. The van der Waals surface area contributed by atoms with Crippen LogP contribution in [-0.4, -0.2) is 23.4 Å². The maximum absolute atomic E-state index is 12.6. The first-order chi connectivity index (χ1) is 9.42. The molecule has 0 aliphatic carbocycles. The van der Waals surface area contributed by atoms with Crippen molar-refractivity contribution < 1.29 is 36.2 Å². The second kappa shape index (κ2) is 5.95. The molecule has 0 heterocycles. The molecule has 21 heavy (non-hydrogen) atoms. The summed E-state index contributed by atoms with van der Waals surface area (Å²) in [4.78, 5) is 11.0. The molecule has 1 N–H and O–H groups in total. The van der Waals surface area contributed by atoms with Crippen molar-refractivity contribution in [3.05, 3.63) is 35.4 Å². The van der Waals surface area contributed by atoms with Crippen LogP contribution in [0.25, 0.3) is 0 Å². The van der Waals surface area contributed by atoms with Gasteiger partial charge in [-0.1, -0.05) is 31.2 Å². The quantitative estimate of drug-likeness (QED) is 0.847. The van der Waals surface area contributed by atoms with E-state index in [1.54, 1.807) is 0 Å². The Labute approximate surface area is 116 Å². The normalized spacial score (nSPS) is 15.6. The number of hydrogen-bond acceptors (Lipinski definition) is 1. The Balaban J connectivity index is 3.04. The van der Waals surface area contributed by atoms with Crippen LogP contribution in [0.1, 0.15) is 24.0 Å².